The number of benzene rings is 1. The highest BCUT2D eigenvalue weighted by Gasteiger charge is 2.22. The van der Waals surface area contributed by atoms with Crippen LogP contribution in [0.1, 0.15) is 32.8 Å². The Bertz CT molecular complexity index is 654. The van der Waals surface area contributed by atoms with Crippen molar-refractivity contribution in [3.05, 3.63) is 43.3 Å². The molecule has 0 bridgehead atoms. The van der Waals surface area contributed by atoms with Gasteiger partial charge in [0.1, 0.15) is 5.75 Å². The molecule has 1 aromatic heterocycles. The first kappa shape index (κ1) is 14.0. The van der Waals surface area contributed by atoms with Crippen LogP contribution in [0.3, 0.4) is 0 Å². The van der Waals surface area contributed by atoms with Crippen molar-refractivity contribution in [2.75, 3.05) is 6.61 Å². The third-order valence-electron chi connectivity index (χ3n) is 3.48. The molecule has 1 aliphatic rings. The normalized spacial score (nSPS) is 15.0. The molecule has 3 rings (SSSR count). The maximum Gasteiger partial charge on any atom is 0.125 e. The molecule has 20 heavy (non-hydrogen) atoms. The van der Waals surface area contributed by atoms with Crippen molar-refractivity contribution in [2.45, 2.75) is 32.8 Å². The van der Waals surface area contributed by atoms with Crippen molar-refractivity contribution < 1.29 is 9.84 Å². The van der Waals surface area contributed by atoms with Crippen LogP contribution in [0.2, 0.25) is 0 Å². The van der Waals surface area contributed by atoms with E-state index in [1.54, 1.807) is 11.3 Å². The number of aliphatic hydroxyl groups excluding tert-OH is 1. The van der Waals surface area contributed by atoms with Gasteiger partial charge in [-0.2, -0.15) is 0 Å². The number of nitrogens with zero attached hydrogens (tertiary/aromatic N) is 1. The van der Waals surface area contributed by atoms with Gasteiger partial charge in [-0.25, -0.2) is 4.98 Å². The number of hydrogen-bond donors (Lipinski definition) is 1. The molecular formula is C15H16BrNO2S. The minimum atomic E-state index is -0.524. The first-order valence-corrected chi connectivity index (χ1v) is 8.21. The van der Waals surface area contributed by atoms with Crippen molar-refractivity contribution in [1.82, 2.24) is 4.98 Å². The zero-order valence-electron chi connectivity index (χ0n) is 11.4. The summed E-state index contributed by atoms with van der Waals surface area (Å²) in [6.07, 6.45) is 0.977. The molecule has 5 heteroatoms. The summed E-state index contributed by atoms with van der Waals surface area (Å²) in [6.45, 7) is 4.64. The van der Waals surface area contributed by atoms with Gasteiger partial charge in [0.05, 0.1) is 28.3 Å². The number of thiazole rings is 1. The Morgan fingerprint density at radius 3 is 2.95 bits per heavy atom. The molecule has 1 unspecified atom stereocenters. The second-order valence-electron chi connectivity index (χ2n) is 5.05. The molecule has 1 N–H and O–H groups in total. The topological polar surface area (TPSA) is 42.4 Å². The van der Waals surface area contributed by atoms with Crippen molar-refractivity contribution in [2.24, 2.45) is 0 Å². The van der Waals surface area contributed by atoms with Gasteiger partial charge >= 0.3 is 0 Å². The lowest BCUT2D eigenvalue weighted by molar-refractivity contribution is 0.180. The van der Waals surface area contributed by atoms with Gasteiger partial charge in [0.2, 0.25) is 0 Å². The number of aryl methyl sites for hydroxylation is 2. The van der Waals surface area contributed by atoms with Crippen LogP contribution in [0.4, 0.5) is 0 Å². The molecule has 0 fully saturated rings. The number of ether oxygens (including phenoxy) is 1. The average Bonchev–Trinajstić information content (AvgIpc) is 2.95. The van der Waals surface area contributed by atoms with Crippen molar-refractivity contribution in [3.63, 3.8) is 0 Å². The van der Waals surface area contributed by atoms with Crippen LogP contribution < -0.4 is 4.74 Å². The fraction of sp³-hybridized carbons (Fsp3) is 0.400. The predicted molar refractivity (Wildman–Crippen MR) is 83.6 cm³/mol. The second-order valence-corrected chi connectivity index (χ2v) is 7.20. The Balaban J connectivity index is 1.90. The molecule has 3 nitrogen and oxygen atoms in total. The molecule has 0 radical (unpaired) electrons. The van der Waals surface area contributed by atoms with Gasteiger partial charge in [-0.15, -0.1) is 11.3 Å². The van der Waals surface area contributed by atoms with E-state index in [1.807, 2.05) is 19.9 Å². The number of aromatic nitrogens is 1. The van der Waals surface area contributed by atoms with E-state index in [-0.39, 0.29) is 0 Å². The second kappa shape index (κ2) is 5.47. The molecule has 0 saturated heterocycles. The lowest BCUT2D eigenvalue weighted by atomic mass is 10.0. The molecule has 1 atom stereocenters. The van der Waals surface area contributed by atoms with Crippen LogP contribution in [-0.2, 0) is 12.8 Å². The van der Waals surface area contributed by atoms with E-state index < -0.39 is 6.10 Å². The fourth-order valence-electron chi connectivity index (χ4n) is 2.65. The van der Waals surface area contributed by atoms with Crippen molar-refractivity contribution in [3.8, 4) is 5.75 Å². The number of aliphatic hydroxyl groups is 1. The molecule has 0 amide bonds. The molecule has 0 aliphatic carbocycles. The van der Waals surface area contributed by atoms with Crippen LogP contribution in [0, 0.1) is 13.8 Å². The van der Waals surface area contributed by atoms with Gasteiger partial charge in [0, 0.05) is 17.3 Å². The predicted octanol–water partition coefficient (Wildman–Crippen LogP) is 3.73. The van der Waals surface area contributed by atoms with Crippen LogP contribution in [0.5, 0.6) is 5.75 Å². The van der Waals surface area contributed by atoms with Crippen LogP contribution in [-0.4, -0.2) is 16.7 Å². The SMILES string of the molecule is Cc1nc(C)c(C(O)Cc2cc(Br)cc3c2OCC3)s1. The monoisotopic (exact) mass is 353 g/mol. The number of rotatable bonds is 3. The molecule has 2 aromatic rings. The van der Waals surface area contributed by atoms with Crippen LogP contribution >= 0.6 is 27.3 Å². The Morgan fingerprint density at radius 2 is 2.25 bits per heavy atom. The van der Waals surface area contributed by atoms with Gasteiger partial charge in [0.15, 0.2) is 0 Å². The largest absolute Gasteiger partial charge is 0.493 e. The number of fused-ring (bicyclic) bond motifs is 1. The Labute approximate surface area is 130 Å². The van der Waals surface area contributed by atoms with Gasteiger partial charge in [-0.05, 0) is 37.1 Å². The Hall–Kier alpha value is -0.910. The van der Waals surface area contributed by atoms with E-state index in [9.17, 15) is 5.11 Å². The molecule has 1 aromatic carbocycles. The standard InChI is InChI=1S/C15H16BrNO2S/c1-8-15(20-9(2)17-8)13(18)7-11-6-12(16)5-10-3-4-19-14(10)11/h5-6,13,18H,3-4,7H2,1-2H3. The van der Waals surface area contributed by atoms with E-state index in [2.05, 4.69) is 27.0 Å². The molecule has 106 valence electrons. The van der Waals surface area contributed by atoms with E-state index in [0.717, 1.165) is 44.4 Å². The molecule has 0 saturated carbocycles. The molecule has 2 heterocycles. The summed E-state index contributed by atoms with van der Waals surface area (Å²) in [4.78, 5) is 5.33. The van der Waals surface area contributed by atoms with Gasteiger partial charge in [-0.1, -0.05) is 15.9 Å². The van der Waals surface area contributed by atoms with E-state index >= 15 is 0 Å². The summed E-state index contributed by atoms with van der Waals surface area (Å²) in [5.41, 5.74) is 3.20. The van der Waals surface area contributed by atoms with Crippen molar-refractivity contribution >= 4 is 27.3 Å². The quantitative estimate of drug-likeness (QED) is 0.913. The highest BCUT2D eigenvalue weighted by molar-refractivity contribution is 9.10. The summed E-state index contributed by atoms with van der Waals surface area (Å²) in [5.74, 6) is 0.950. The summed E-state index contributed by atoms with van der Waals surface area (Å²) in [6, 6.07) is 4.14. The van der Waals surface area contributed by atoms with Crippen LogP contribution in [0.25, 0.3) is 0 Å². The zero-order chi connectivity index (χ0) is 14.3. The molecule has 0 spiro atoms. The first-order chi connectivity index (χ1) is 9.54. The zero-order valence-corrected chi connectivity index (χ0v) is 13.8. The lowest BCUT2D eigenvalue weighted by Gasteiger charge is -2.13. The third kappa shape index (κ3) is 2.62. The smallest absolute Gasteiger partial charge is 0.125 e. The maximum atomic E-state index is 10.5. The van der Waals surface area contributed by atoms with Crippen LogP contribution in [0.15, 0.2) is 16.6 Å². The van der Waals surface area contributed by atoms with Gasteiger partial charge in [-0.3, -0.25) is 0 Å². The minimum absolute atomic E-state index is 0.524. The molecule has 1 aliphatic heterocycles. The van der Waals surface area contributed by atoms with E-state index in [0.29, 0.717) is 6.42 Å². The number of hydrogen-bond acceptors (Lipinski definition) is 4. The van der Waals surface area contributed by atoms with Gasteiger partial charge in [0.25, 0.3) is 0 Å². The fourth-order valence-corrected chi connectivity index (χ4v) is 4.12. The lowest BCUT2D eigenvalue weighted by Crippen LogP contribution is -2.03. The van der Waals surface area contributed by atoms with E-state index in [4.69, 9.17) is 4.74 Å². The van der Waals surface area contributed by atoms with Gasteiger partial charge < -0.3 is 9.84 Å². The Kier molecular flexibility index (Phi) is 3.84. The highest BCUT2D eigenvalue weighted by atomic mass is 79.9. The summed E-state index contributed by atoms with van der Waals surface area (Å²) < 4.78 is 6.76. The summed E-state index contributed by atoms with van der Waals surface area (Å²) >= 11 is 5.10. The van der Waals surface area contributed by atoms with E-state index in [1.165, 1.54) is 5.56 Å². The highest BCUT2D eigenvalue weighted by Crippen LogP contribution is 2.36. The molecular weight excluding hydrogens is 338 g/mol. The van der Waals surface area contributed by atoms with Crippen molar-refractivity contribution in [1.29, 1.82) is 0 Å². The summed E-state index contributed by atoms with van der Waals surface area (Å²) in [7, 11) is 0. The average molecular weight is 354 g/mol. The Morgan fingerprint density at radius 1 is 1.45 bits per heavy atom. The third-order valence-corrected chi connectivity index (χ3v) is 5.11. The minimum Gasteiger partial charge on any atom is -0.493 e. The summed E-state index contributed by atoms with van der Waals surface area (Å²) in [5, 5.41) is 11.5. The first-order valence-electron chi connectivity index (χ1n) is 6.60. The number of halogens is 1. The maximum absolute atomic E-state index is 10.5.